The highest BCUT2D eigenvalue weighted by molar-refractivity contribution is 7.17. The van der Waals surface area contributed by atoms with E-state index in [1.54, 1.807) is 17.4 Å². The fourth-order valence-electron chi connectivity index (χ4n) is 1.52. The third-order valence-corrected chi connectivity index (χ3v) is 3.48. The third kappa shape index (κ3) is 1.38. The van der Waals surface area contributed by atoms with Crippen LogP contribution in [0.15, 0.2) is 17.5 Å². The summed E-state index contributed by atoms with van der Waals surface area (Å²) in [5, 5.41) is 21.8. The van der Waals surface area contributed by atoms with E-state index in [1.165, 1.54) is 0 Å². The van der Waals surface area contributed by atoms with Crippen LogP contribution in [0.4, 0.5) is 0 Å². The molecule has 4 heteroatoms. The second kappa shape index (κ2) is 3.77. The fraction of sp³-hybridized carbons (Fsp3) is 0.200. The quantitative estimate of drug-likeness (QED) is 0.776. The molecule has 0 aliphatic heterocycles. The topological polar surface area (TPSA) is 40.5 Å². The molecule has 14 heavy (non-hydrogen) atoms. The van der Waals surface area contributed by atoms with Gasteiger partial charge in [0.15, 0.2) is 0 Å². The second-order valence-electron chi connectivity index (χ2n) is 2.98. The van der Waals surface area contributed by atoms with E-state index in [4.69, 9.17) is 11.6 Å². The standard InChI is InChI=1S/C10H9ClO2S/c11-4-7-8(5-12)10-6(1-2-14-10)3-9(7)13/h1-3,12-13H,4-5H2. The van der Waals surface area contributed by atoms with Crippen molar-refractivity contribution in [3.05, 3.63) is 28.6 Å². The molecule has 2 N–H and O–H groups in total. The highest BCUT2D eigenvalue weighted by Crippen LogP contribution is 2.34. The van der Waals surface area contributed by atoms with E-state index in [2.05, 4.69) is 0 Å². The Morgan fingerprint density at radius 3 is 2.79 bits per heavy atom. The number of aromatic hydroxyl groups is 1. The van der Waals surface area contributed by atoms with Crippen LogP contribution in [0.25, 0.3) is 10.1 Å². The number of rotatable bonds is 2. The first-order valence-electron chi connectivity index (χ1n) is 4.15. The lowest BCUT2D eigenvalue weighted by atomic mass is 10.1. The van der Waals surface area contributed by atoms with Crippen molar-refractivity contribution in [2.45, 2.75) is 12.5 Å². The number of phenols is 1. The predicted octanol–water partition coefficient (Wildman–Crippen LogP) is 2.84. The Morgan fingerprint density at radius 2 is 2.14 bits per heavy atom. The van der Waals surface area contributed by atoms with Crippen LogP contribution in [0.5, 0.6) is 5.75 Å². The first kappa shape index (κ1) is 9.77. The summed E-state index contributed by atoms with van der Waals surface area (Å²) < 4.78 is 1.00. The van der Waals surface area contributed by atoms with Crippen LogP contribution in [0.1, 0.15) is 11.1 Å². The van der Waals surface area contributed by atoms with E-state index in [0.29, 0.717) is 5.56 Å². The van der Waals surface area contributed by atoms with Crippen molar-refractivity contribution in [3.63, 3.8) is 0 Å². The van der Waals surface area contributed by atoms with Gasteiger partial charge in [0.05, 0.1) is 12.5 Å². The normalized spacial score (nSPS) is 11.0. The maximum Gasteiger partial charge on any atom is 0.121 e. The second-order valence-corrected chi connectivity index (χ2v) is 4.17. The molecule has 0 atom stereocenters. The summed E-state index contributed by atoms with van der Waals surface area (Å²) in [5.74, 6) is 0.380. The Morgan fingerprint density at radius 1 is 1.36 bits per heavy atom. The van der Waals surface area contributed by atoms with Gasteiger partial charge in [-0.3, -0.25) is 0 Å². The molecule has 0 saturated carbocycles. The molecule has 74 valence electrons. The van der Waals surface area contributed by atoms with Crippen molar-refractivity contribution in [2.75, 3.05) is 0 Å². The number of aliphatic hydroxyl groups excluding tert-OH is 1. The number of hydrogen-bond donors (Lipinski definition) is 2. The molecule has 1 heterocycles. The van der Waals surface area contributed by atoms with Crippen molar-refractivity contribution < 1.29 is 10.2 Å². The van der Waals surface area contributed by atoms with Crippen LogP contribution in [0, 0.1) is 0 Å². The van der Waals surface area contributed by atoms with Crippen molar-refractivity contribution >= 4 is 33.0 Å². The number of phenolic OH excluding ortho intramolecular Hbond substituents is 1. The van der Waals surface area contributed by atoms with Gasteiger partial charge in [-0.25, -0.2) is 0 Å². The van der Waals surface area contributed by atoms with Crippen LogP contribution in [-0.4, -0.2) is 10.2 Å². The molecule has 0 aliphatic carbocycles. The van der Waals surface area contributed by atoms with Gasteiger partial charge in [-0.2, -0.15) is 0 Å². The van der Waals surface area contributed by atoms with E-state index in [-0.39, 0.29) is 18.2 Å². The van der Waals surface area contributed by atoms with Gasteiger partial charge in [0.2, 0.25) is 0 Å². The SMILES string of the molecule is OCc1c(CCl)c(O)cc2ccsc12. The van der Waals surface area contributed by atoms with Crippen molar-refractivity contribution in [3.8, 4) is 5.75 Å². The zero-order valence-electron chi connectivity index (χ0n) is 7.33. The molecular formula is C10H9ClO2S. The molecule has 0 bridgehead atoms. The molecule has 2 rings (SSSR count). The molecule has 0 saturated heterocycles. The Labute approximate surface area is 90.4 Å². The molecule has 1 aromatic heterocycles. The number of hydrogen-bond acceptors (Lipinski definition) is 3. The van der Waals surface area contributed by atoms with Gasteiger partial charge in [-0.1, -0.05) is 0 Å². The van der Waals surface area contributed by atoms with Gasteiger partial charge < -0.3 is 10.2 Å². The van der Waals surface area contributed by atoms with E-state index in [9.17, 15) is 10.2 Å². The lowest BCUT2D eigenvalue weighted by molar-refractivity contribution is 0.282. The molecular weight excluding hydrogens is 220 g/mol. The Balaban J connectivity index is 2.82. The molecule has 2 nitrogen and oxygen atoms in total. The summed E-state index contributed by atoms with van der Waals surface area (Å²) in [7, 11) is 0. The zero-order chi connectivity index (χ0) is 10.1. The summed E-state index contributed by atoms with van der Waals surface area (Å²) in [6, 6.07) is 3.60. The number of halogens is 1. The average Bonchev–Trinajstić information content (AvgIpc) is 2.62. The zero-order valence-corrected chi connectivity index (χ0v) is 8.90. The van der Waals surface area contributed by atoms with Crippen LogP contribution < -0.4 is 0 Å². The van der Waals surface area contributed by atoms with Gasteiger partial charge in [0.25, 0.3) is 0 Å². The Hall–Kier alpha value is -0.770. The van der Waals surface area contributed by atoms with Gasteiger partial charge in [-0.15, -0.1) is 22.9 Å². The molecule has 0 amide bonds. The van der Waals surface area contributed by atoms with E-state index in [0.717, 1.165) is 15.6 Å². The number of alkyl halides is 1. The summed E-state index contributed by atoms with van der Waals surface area (Å²) in [6.45, 7) is -0.0898. The summed E-state index contributed by atoms with van der Waals surface area (Å²) >= 11 is 7.26. The average molecular weight is 229 g/mol. The van der Waals surface area contributed by atoms with E-state index in [1.807, 2.05) is 11.4 Å². The molecule has 2 aromatic rings. The molecule has 0 unspecified atom stereocenters. The van der Waals surface area contributed by atoms with Crippen LogP contribution in [-0.2, 0) is 12.5 Å². The molecule has 0 aliphatic rings. The highest BCUT2D eigenvalue weighted by Gasteiger charge is 2.12. The summed E-state index contributed by atoms with van der Waals surface area (Å²) in [5.41, 5.74) is 1.37. The van der Waals surface area contributed by atoms with Gasteiger partial charge in [-0.05, 0) is 22.9 Å². The number of aliphatic hydroxyl groups is 1. The van der Waals surface area contributed by atoms with E-state index >= 15 is 0 Å². The minimum atomic E-state index is -0.0898. The third-order valence-electron chi connectivity index (χ3n) is 2.23. The fourth-order valence-corrected chi connectivity index (χ4v) is 2.76. The lowest BCUT2D eigenvalue weighted by Gasteiger charge is -2.08. The molecule has 0 radical (unpaired) electrons. The number of fused-ring (bicyclic) bond motifs is 1. The van der Waals surface area contributed by atoms with Crippen molar-refractivity contribution in [1.82, 2.24) is 0 Å². The highest BCUT2D eigenvalue weighted by atomic mass is 35.5. The van der Waals surface area contributed by atoms with Crippen LogP contribution in [0.2, 0.25) is 0 Å². The van der Waals surface area contributed by atoms with E-state index < -0.39 is 0 Å². The maximum atomic E-state index is 9.65. The van der Waals surface area contributed by atoms with Crippen molar-refractivity contribution in [1.29, 1.82) is 0 Å². The first-order chi connectivity index (χ1) is 6.77. The monoisotopic (exact) mass is 228 g/mol. The number of benzene rings is 1. The maximum absolute atomic E-state index is 9.65. The lowest BCUT2D eigenvalue weighted by Crippen LogP contribution is -1.92. The smallest absolute Gasteiger partial charge is 0.121 e. The molecule has 0 spiro atoms. The molecule has 0 fully saturated rings. The van der Waals surface area contributed by atoms with Crippen LogP contribution in [0.3, 0.4) is 0 Å². The largest absolute Gasteiger partial charge is 0.508 e. The first-order valence-corrected chi connectivity index (χ1v) is 5.57. The summed E-state index contributed by atoms with van der Waals surface area (Å²) in [4.78, 5) is 0. The Bertz CT molecular complexity index is 464. The van der Waals surface area contributed by atoms with Gasteiger partial charge in [0, 0.05) is 15.8 Å². The molecule has 1 aromatic carbocycles. The minimum Gasteiger partial charge on any atom is -0.508 e. The number of thiophene rings is 1. The van der Waals surface area contributed by atoms with Gasteiger partial charge >= 0.3 is 0 Å². The Kier molecular flexibility index (Phi) is 2.63. The summed E-state index contributed by atoms with van der Waals surface area (Å²) in [6.07, 6.45) is 0. The minimum absolute atomic E-state index is 0.0898. The van der Waals surface area contributed by atoms with Crippen LogP contribution >= 0.6 is 22.9 Å². The van der Waals surface area contributed by atoms with Crippen molar-refractivity contribution in [2.24, 2.45) is 0 Å². The van der Waals surface area contributed by atoms with Gasteiger partial charge in [0.1, 0.15) is 5.75 Å². The predicted molar refractivity (Wildman–Crippen MR) is 59.0 cm³/mol.